The molecule has 5 heteroatoms. The zero-order valence-electron chi connectivity index (χ0n) is 11.3. The minimum Gasteiger partial charge on any atom is -0.396 e. The number of unbranched alkanes of at least 4 members (excludes halogenated alkanes) is 2. The van der Waals surface area contributed by atoms with Crippen LogP contribution in [0.5, 0.6) is 0 Å². The van der Waals surface area contributed by atoms with E-state index in [1.54, 1.807) is 0 Å². The van der Waals surface area contributed by atoms with Gasteiger partial charge in [-0.1, -0.05) is 20.8 Å². The minimum atomic E-state index is -0.0584. The highest BCUT2D eigenvalue weighted by atomic mass is 79.9. The summed E-state index contributed by atoms with van der Waals surface area (Å²) >= 11 is 3.42. The van der Waals surface area contributed by atoms with Crippen LogP contribution in [0.25, 0.3) is 0 Å². The van der Waals surface area contributed by atoms with Crippen LogP contribution in [0.15, 0.2) is 10.7 Å². The van der Waals surface area contributed by atoms with Gasteiger partial charge >= 0.3 is 0 Å². The summed E-state index contributed by atoms with van der Waals surface area (Å²) in [5.41, 5.74) is -0.0584. The maximum Gasteiger partial charge on any atom is 0.137 e. The van der Waals surface area contributed by atoms with E-state index >= 15 is 0 Å². The van der Waals surface area contributed by atoms with Gasteiger partial charge in [-0.05, 0) is 35.2 Å². The Hall–Kier alpha value is -0.680. The van der Waals surface area contributed by atoms with Crippen LogP contribution in [0.1, 0.15) is 45.9 Å². The zero-order chi connectivity index (χ0) is 13.6. The average molecular weight is 316 g/mol. The molecule has 0 aliphatic rings. The van der Waals surface area contributed by atoms with Gasteiger partial charge in [-0.25, -0.2) is 9.97 Å². The standard InChI is InChI=1S/C13H22BrN3O/c1-13(2,3)12-16-10(14)9-11(17-12)15-7-5-4-6-8-18/h9,18H,4-8H2,1-3H3,(H,15,16,17). The van der Waals surface area contributed by atoms with Gasteiger partial charge in [-0.2, -0.15) is 0 Å². The molecule has 102 valence electrons. The lowest BCUT2D eigenvalue weighted by Gasteiger charge is -2.17. The number of rotatable bonds is 6. The third-order valence-electron chi connectivity index (χ3n) is 2.51. The van der Waals surface area contributed by atoms with Crippen molar-refractivity contribution in [1.82, 2.24) is 9.97 Å². The van der Waals surface area contributed by atoms with Crippen LogP contribution < -0.4 is 5.32 Å². The van der Waals surface area contributed by atoms with E-state index in [0.717, 1.165) is 42.1 Å². The Kier molecular flexibility index (Phi) is 6.02. The third kappa shape index (κ3) is 5.31. The van der Waals surface area contributed by atoms with Crippen molar-refractivity contribution in [1.29, 1.82) is 0 Å². The molecule has 0 saturated heterocycles. The number of hydrogen-bond acceptors (Lipinski definition) is 4. The summed E-state index contributed by atoms with van der Waals surface area (Å²) in [6.45, 7) is 7.43. The van der Waals surface area contributed by atoms with Crippen LogP contribution in [0.2, 0.25) is 0 Å². The van der Waals surface area contributed by atoms with E-state index in [1.165, 1.54) is 0 Å². The number of aromatic nitrogens is 2. The van der Waals surface area contributed by atoms with Crippen LogP contribution in [-0.4, -0.2) is 28.2 Å². The Morgan fingerprint density at radius 3 is 2.56 bits per heavy atom. The molecule has 1 rings (SSSR count). The lowest BCUT2D eigenvalue weighted by atomic mass is 9.96. The van der Waals surface area contributed by atoms with Crippen molar-refractivity contribution in [3.05, 3.63) is 16.5 Å². The summed E-state index contributed by atoms with van der Waals surface area (Å²) in [6.07, 6.45) is 2.93. The monoisotopic (exact) mass is 315 g/mol. The summed E-state index contributed by atoms with van der Waals surface area (Å²) in [5.74, 6) is 1.68. The molecule has 1 aromatic heterocycles. The number of nitrogens with one attached hydrogen (secondary N) is 1. The lowest BCUT2D eigenvalue weighted by Crippen LogP contribution is -2.17. The second-order valence-electron chi connectivity index (χ2n) is 5.36. The van der Waals surface area contributed by atoms with E-state index in [-0.39, 0.29) is 12.0 Å². The fraction of sp³-hybridized carbons (Fsp3) is 0.692. The molecule has 0 aliphatic carbocycles. The van der Waals surface area contributed by atoms with E-state index in [4.69, 9.17) is 5.11 Å². The maximum atomic E-state index is 8.70. The maximum absolute atomic E-state index is 8.70. The molecule has 2 N–H and O–H groups in total. The minimum absolute atomic E-state index is 0.0584. The molecule has 0 bridgehead atoms. The molecular weight excluding hydrogens is 294 g/mol. The first-order valence-electron chi connectivity index (χ1n) is 6.33. The Bertz CT molecular complexity index is 377. The van der Waals surface area contributed by atoms with Crippen molar-refractivity contribution >= 4 is 21.7 Å². The SMILES string of the molecule is CC(C)(C)c1nc(Br)cc(NCCCCCO)n1. The molecule has 0 radical (unpaired) electrons. The van der Waals surface area contributed by atoms with Crippen LogP contribution in [0.4, 0.5) is 5.82 Å². The van der Waals surface area contributed by atoms with Crippen molar-refractivity contribution in [3.63, 3.8) is 0 Å². The average Bonchev–Trinajstić information content (AvgIpc) is 2.27. The first-order valence-corrected chi connectivity index (χ1v) is 7.12. The highest BCUT2D eigenvalue weighted by Crippen LogP contribution is 2.22. The number of hydrogen-bond donors (Lipinski definition) is 2. The second kappa shape index (κ2) is 7.04. The molecule has 0 spiro atoms. The van der Waals surface area contributed by atoms with Crippen LogP contribution in [0, 0.1) is 0 Å². The van der Waals surface area contributed by atoms with Crippen molar-refractivity contribution in [2.24, 2.45) is 0 Å². The first-order chi connectivity index (χ1) is 8.43. The van der Waals surface area contributed by atoms with E-state index in [9.17, 15) is 0 Å². The van der Waals surface area contributed by atoms with E-state index in [0.29, 0.717) is 0 Å². The molecular formula is C13H22BrN3O. The van der Waals surface area contributed by atoms with Crippen molar-refractivity contribution in [2.45, 2.75) is 45.4 Å². The predicted molar refractivity (Wildman–Crippen MR) is 77.9 cm³/mol. The summed E-state index contributed by atoms with van der Waals surface area (Å²) in [6, 6.07) is 1.89. The summed E-state index contributed by atoms with van der Waals surface area (Å²) in [7, 11) is 0. The number of aliphatic hydroxyl groups is 1. The van der Waals surface area contributed by atoms with Crippen molar-refractivity contribution < 1.29 is 5.11 Å². The fourth-order valence-electron chi connectivity index (χ4n) is 1.47. The smallest absolute Gasteiger partial charge is 0.137 e. The molecule has 0 amide bonds. The van der Waals surface area contributed by atoms with E-state index < -0.39 is 0 Å². The molecule has 4 nitrogen and oxygen atoms in total. The van der Waals surface area contributed by atoms with Gasteiger partial charge in [0, 0.05) is 24.6 Å². The number of nitrogens with zero attached hydrogens (tertiary/aromatic N) is 2. The largest absolute Gasteiger partial charge is 0.396 e. The van der Waals surface area contributed by atoms with Gasteiger partial charge in [0.25, 0.3) is 0 Å². The van der Waals surface area contributed by atoms with Gasteiger partial charge in [0.2, 0.25) is 0 Å². The van der Waals surface area contributed by atoms with Gasteiger partial charge in [0.15, 0.2) is 0 Å². The Morgan fingerprint density at radius 1 is 1.22 bits per heavy atom. The van der Waals surface area contributed by atoms with E-state index in [1.807, 2.05) is 6.07 Å². The third-order valence-corrected chi connectivity index (χ3v) is 2.91. The quantitative estimate of drug-likeness (QED) is 0.625. The van der Waals surface area contributed by atoms with Crippen LogP contribution in [-0.2, 0) is 5.41 Å². The molecule has 0 saturated carbocycles. The second-order valence-corrected chi connectivity index (χ2v) is 6.17. The molecule has 0 atom stereocenters. The van der Waals surface area contributed by atoms with E-state index in [2.05, 4.69) is 52.0 Å². The molecule has 0 fully saturated rings. The molecule has 0 aromatic carbocycles. The normalized spacial score (nSPS) is 11.6. The number of aliphatic hydroxyl groups excluding tert-OH is 1. The highest BCUT2D eigenvalue weighted by Gasteiger charge is 2.18. The van der Waals surface area contributed by atoms with Gasteiger partial charge in [-0.3, -0.25) is 0 Å². The molecule has 0 unspecified atom stereocenters. The molecule has 1 heterocycles. The zero-order valence-corrected chi connectivity index (χ0v) is 12.9. The highest BCUT2D eigenvalue weighted by molar-refractivity contribution is 9.10. The summed E-state index contributed by atoms with van der Waals surface area (Å²) < 4.78 is 0.806. The van der Waals surface area contributed by atoms with Gasteiger partial charge in [0.1, 0.15) is 16.2 Å². The molecule has 1 aromatic rings. The summed E-state index contributed by atoms with van der Waals surface area (Å²) in [4.78, 5) is 8.92. The van der Waals surface area contributed by atoms with Gasteiger partial charge in [-0.15, -0.1) is 0 Å². The van der Waals surface area contributed by atoms with Crippen LogP contribution in [0.3, 0.4) is 0 Å². The Morgan fingerprint density at radius 2 is 1.94 bits per heavy atom. The van der Waals surface area contributed by atoms with Gasteiger partial charge in [0.05, 0.1) is 0 Å². The van der Waals surface area contributed by atoms with Gasteiger partial charge < -0.3 is 10.4 Å². The van der Waals surface area contributed by atoms with Crippen molar-refractivity contribution in [2.75, 3.05) is 18.5 Å². The number of halogens is 1. The lowest BCUT2D eigenvalue weighted by molar-refractivity contribution is 0.283. The predicted octanol–water partition coefficient (Wildman–Crippen LogP) is 3.11. The Balaban J connectivity index is 2.58. The Labute approximate surface area is 117 Å². The fourth-order valence-corrected chi connectivity index (χ4v) is 1.86. The number of anilines is 1. The summed E-state index contributed by atoms with van der Waals surface area (Å²) in [5, 5.41) is 12.0. The van der Waals surface area contributed by atoms with Crippen LogP contribution >= 0.6 is 15.9 Å². The molecule has 18 heavy (non-hydrogen) atoms. The first kappa shape index (κ1) is 15.4. The molecule has 0 aliphatic heterocycles. The topological polar surface area (TPSA) is 58.0 Å². The van der Waals surface area contributed by atoms with Crippen molar-refractivity contribution in [3.8, 4) is 0 Å².